The average Bonchev–Trinajstić information content (AvgIpc) is 3.24. The Morgan fingerprint density at radius 1 is 0.975 bits per heavy atom. The zero-order valence-corrected chi connectivity index (χ0v) is 29.2. The Kier molecular flexibility index (Phi) is 11.5. The third-order valence-electron chi connectivity index (χ3n) is 6.57. The number of amides is 1. The molecule has 228 valence electrons. The summed E-state index contributed by atoms with van der Waals surface area (Å²) in [6, 6.07) is 7.05. The molecule has 0 aliphatic carbocycles. The smallest absolute Gasteiger partial charge is 0.424 e. The number of hydrogen-bond donors (Lipinski definition) is 0. The van der Waals surface area contributed by atoms with E-state index < -0.39 is 43.9 Å². The van der Waals surface area contributed by atoms with E-state index in [2.05, 4.69) is 41.5 Å². The van der Waals surface area contributed by atoms with Crippen LogP contribution in [0.15, 0.2) is 28.5 Å². The van der Waals surface area contributed by atoms with E-state index in [4.69, 9.17) is 18.2 Å². The summed E-state index contributed by atoms with van der Waals surface area (Å²) in [6.07, 6.45) is -1.96. The highest BCUT2D eigenvalue weighted by molar-refractivity contribution is 7.92. The number of benzene rings is 1. The van der Waals surface area contributed by atoms with Gasteiger partial charge in [-0.15, -0.1) is 11.3 Å². The molecular formula is C27H46NO8PS2Si. The first-order valence-corrected chi connectivity index (χ1v) is 19.8. The minimum absolute atomic E-state index is 0.0130. The Balaban J connectivity index is 2.59. The molecule has 0 atom stereocenters. The first kappa shape index (κ1) is 34.8. The molecule has 1 aromatic carbocycles. The Morgan fingerprint density at radius 3 is 1.95 bits per heavy atom. The van der Waals surface area contributed by atoms with Gasteiger partial charge in [0.2, 0.25) is 0 Å². The van der Waals surface area contributed by atoms with Crippen LogP contribution in [0.2, 0.25) is 16.6 Å². The zero-order chi connectivity index (χ0) is 30.7. The van der Waals surface area contributed by atoms with Crippen LogP contribution in [0.5, 0.6) is 5.75 Å². The van der Waals surface area contributed by atoms with Crippen molar-refractivity contribution < 1.29 is 36.0 Å². The van der Waals surface area contributed by atoms with Gasteiger partial charge in [0.1, 0.15) is 21.8 Å². The molecule has 0 radical (unpaired) electrons. The van der Waals surface area contributed by atoms with Gasteiger partial charge in [-0.25, -0.2) is 4.79 Å². The number of fused-ring (bicyclic) bond motifs is 1. The predicted octanol–water partition coefficient (Wildman–Crippen LogP) is 8.61. The number of ether oxygens (including phenoxy) is 1. The highest BCUT2D eigenvalue weighted by Crippen LogP contribution is 2.50. The summed E-state index contributed by atoms with van der Waals surface area (Å²) < 4.78 is 64.9. The number of carbonyl (C=O) groups is 1. The average molecular weight is 636 g/mol. The van der Waals surface area contributed by atoms with Crippen LogP contribution in [-0.4, -0.2) is 52.2 Å². The molecule has 0 fully saturated rings. The van der Waals surface area contributed by atoms with Gasteiger partial charge in [-0.1, -0.05) is 41.5 Å². The summed E-state index contributed by atoms with van der Waals surface area (Å²) >= 11 is 1.01. The SMILES string of the molecule is CCOP(=O)(CN(C(=O)OC(C)(C)C)S(=O)(=O)c1cc2ccc(O[Si](C(C)C)(C(C)C)C(C)C)cc2s1)OCC. The minimum atomic E-state index is -4.48. The second-order valence-electron chi connectivity index (χ2n) is 11.6. The second kappa shape index (κ2) is 13.3. The van der Waals surface area contributed by atoms with Crippen LogP contribution in [0, 0.1) is 0 Å². The van der Waals surface area contributed by atoms with Crippen molar-refractivity contribution in [3.8, 4) is 5.75 Å². The molecule has 0 saturated carbocycles. The molecule has 9 nitrogen and oxygen atoms in total. The van der Waals surface area contributed by atoms with Crippen LogP contribution < -0.4 is 4.43 Å². The van der Waals surface area contributed by atoms with E-state index in [1.54, 1.807) is 34.6 Å². The predicted molar refractivity (Wildman–Crippen MR) is 164 cm³/mol. The number of hydrogen-bond acceptors (Lipinski definition) is 9. The summed E-state index contributed by atoms with van der Waals surface area (Å²) in [4.78, 5) is 13.2. The van der Waals surface area contributed by atoms with E-state index in [0.717, 1.165) is 11.3 Å². The molecule has 1 aromatic heterocycles. The molecule has 0 N–H and O–H groups in total. The number of rotatable bonds is 13. The quantitative estimate of drug-likeness (QED) is 0.159. The van der Waals surface area contributed by atoms with Gasteiger partial charge >= 0.3 is 13.7 Å². The van der Waals surface area contributed by atoms with E-state index in [1.165, 1.54) is 6.07 Å². The van der Waals surface area contributed by atoms with Crippen molar-refractivity contribution in [3.05, 3.63) is 24.3 Å². The molecule has 0 bridgehead atoms. The van der Waals surface area contributed by atoms with Gasteiger partial charge in [0, 0.05) is 4.70 Å². The van der Waals surface area contributed by atoms with E-state index >= 15 is 0 Å². The van der Waals surface area contributed by atoms with Crippen molar-refractivity contribution in [3.63, 3.8) is 0 Å². The van der Waals surface area contributed by atoms with Gasteiger partial charge in [0.25, 0.3) is 18.3 Å². The lowest BCUT2D eigenvalue weighted by molar-refractivity contribution is 0.0399. The molecule has 2 aromatic rings. The van der Waals surface area contributed by atoms with Gasteiger partial charge in [-0.2, -0.15) is 12.7 Å². The zero-order valence-electron chi connectivity index (χ0n) is 25.6. The number of sulfonamides is 1. The molecule has 1 amide bonds. The molecule has 0 spiro atoms. The van der Waals surface area contributed by atoms with Gasteiger partial charge in [0.05, 0.1) is 13.2 Å². The normalized spacial score (nSPS) is 13.4. The number of thiophene rings is 1. The third-order valence-corrected chi connectivity index (χ3v) is 18.0. The standard InChI is InChI=1S/C27H46NO8PS2Si/c1-12-33-37(30,34-13-2)18-28(26(29)35-27(9,10)11)39(31,32)25-16-22-14-15-23(17-24(22)38-25)36-40(19(3)4,20(5)6)21(7)8/h14-17,19-21H,12-13,18H2,1-11H3. The molecule has 1 heterocycles. The van der Waals surface area contributed by atoms with Crippen molar-refractivity contribution in [2.45, 2.75) is 103 Å². The van der Waals surface area contributed by atoms with E-state index in [-0.39, 0.29) is 17.4 Å². The van der Waals surface area contributed by atoms with Crippen LogP contribution >= 0.6 is 18.9 Å². The molecule has 0 aliphatic heterocycles. The molecule has 0 aliphatic rings. The van der Waals surface area contributed by atoms with Crippen LogP contribution in [0.25, 0.3) is 10.1 Å². The lowest BCUT2D eigenvalue weighted by atomic mass is 10.2. The van der Waals surface area contributed by atoms with Gasteiger partial charge in [-0.3, -0.25) is 4.57 Å². The van der Waals surface area contributed by atoms with Crippen molar-refractivity contribution in [2.75, 3.05) is 19.5 Å². The topological polar surface area (TPSA) is 108 Å². The summed E-state index contributed by atoms with van der Waals surface area (Å²) in [5, 5.41) is 0.684. The Labute approximate surface area is 245 Å². The monoisotopic (exact) mass is 635 g/mol. The Hall–Kier alpha value is -1.43. The Bertz CT molecular complexity index is 1290. The lowest BCUT2D eigenvalue weighted by Gasteiger charge is -2.42. The van der Waals surface area contributed by atoms with E-state index in [1.807, 2.05) is 18.2 Å². The van der Waals surface area contributed by atoms with Gasteiger partial charge < -0.3 is 18.2 Å². The highest BCUT2D eigenvalue weighted by Gasteiger charge is 2.47. The molecule has 0 unspecified atom stereocenters. The second-order valence-corrected chi connectivity index (χ2v) is 22.2. The maximum Gasteiger partial charge on any atom is 0.424 e. The van der Waals surface area contributed by atoms with Crippen molar-refractivity contribution in [1.29, 1.82) is 0 Å². The lowest BCUT2D eigenvalue weighted by Crippen LogP contribution is -2.50. The van der Waals surface area contributed by atoms with Crippen LogP contribution in [0.1, 0.15) is 76.2 Å². The van der Waals surface area contributed by atoms with E-state index in [9.17, 15) is 17.8 Å². The third kappa shape index (κ3) is 7.89. The van der Waals surface area contributed by atoms with Gasteiger partial charge in [0.15, 0.2) is 0 Å². The molecular weight excluding hydrogens is 589 g/mol. The van der Waals surface area contributed by atoms with Crippen molar-refractivity contribution in [1.82, 2.24) is 4.31 Å². The first-order chi connectivity index (χ1) is 18.3. The molecule has 40 heavy (non-hydrogen) atoms. The summed E-state index contributed by atoms with van der Waals surface area (Å²) in [6.45, 7) is 21.3. The Morgan fingerprint density at radius 2 is 1.50 bits per heavy atom. The molecule has 2 rings (SSSR count). The van der Waals surface area contributed by atoms with Crippen molar-refractivity contribution >= 4 is 53.5 Å². The fraction of sp³-hybridized carbons (Fsp3) is 0.667. The minimum Gasteiger partial charge on any atom is -0.543 e. The first-order valence-electron chi connectivity index (χ1n) is 13.7. The molecule has 0 saturated heterocycles. The molecule has 13 heteroatoms. The summed E-state index contributed by atoms with van der Waals surface area (Å²) in [5.41, 5.74) is 0.127. The van der Waals surface area contributed by atoms with Crippen molar-refractivity contribution in [2.24, 2.45) is 0 Å². The van der Waals surface area contributed by atoms with E-state index in [0.29, 0.717) is 36.8 Å². The number of carbonyl (C=O) groups excluding carboxylic acids is 1. The fourth-order valence-corrected chi connectivity index (χ4v) is 15.3. The number of nitrogens with zero attached hydrogens (tertiary/aromatic N) is 1. The van der Waals surface area contributed by atoms with Crippen LogP contribution in [0.4, 0.5) is 4.79 Å². The van der Waals surface area contributed by atoms with Crippen LogP contribution in [0.3, 0.4) is 0 Å². The maximum absolute atomic E-state index is 13.9. The summed E-state index contributed by atoms with van der Waals surface area (Å²) in [5.74, 6) is 0.697. The summed E-state index contributed by atoms with van der Waals surface area (Å²) in [7, 11) is -10.7. The van der Waals surface area contributed by atoms with Crippen LogP contribution in [-0.2, 0) is 28.4 Å². The largest absolute Gasteiger partial charge is 0.543 e. The highest BCUT2D eigenvalue weighted by atomic mass is 32.2. The van der Waals surface area contributed by atoms with Gasteiger partial charge in [-0.05, 0) is 80.9 Å². The maximum atomic E-state index is 13.9. The fourth-order valence-electron chi connectivity index (χ4n) is 5.06.